The van der Waals surface area contributed by atoms with Crippen molar-refractivity contribution in [2.24, 2.45) is 0 Å². The largest absolute Gasteiger partial charge is 0.454 e. The van der Waals surface area contributed by atoms with Gasteiger partial charge in [0.25, 0.3) is 0 Å². The molecule has 2 aromatic carbocycles. The molecule has 0 aliphatic carbocycles. The smallest absolute Gasteiger partial charge is 0.226 e. The van der Waals surface area contributed by atoms with E-state index < -0.39 is 0 Å². The van der Waals surface area contributed by atoms with Gasteiger partial charge in [-0.3, -0.25) is 4.79 Å². The fourth-order valence-corrected chi connectivity index (χ4v) is 5.41. The highest BCUT2D eigenvalue weighted by Gasteiger charge is 2.27. The Bertz CT molecular complexity index is 1220. The van der Waals surface area contributed by atoms with Crippen molar-refractivity contribution in [1.29, 1.82) is 0 Å². The van der Waals surface area contributed by atoms with E-state index in [-0.39, 0.29) is 5.91 Å². The number of nitrogens with one attached hydrogen (secondary N) is 1. The van der Waals surface area contributed by atoms with Crippen molar-refractivity contribution in [3.8, 4) is 5.75 Å². The second-order valence-corrected chi connectivity index (χ2v) is 9.90. The number of fused-ring (bicyclic) bond motifs is 1. The molecular formula is C28H33N5O2S. The summed E-state index contributed by atoms with van der Waals surface area (Å²) in [6.45, 7) is 6.54. The Morgan fingerprint density at radius 1 is 1.08 bits per heavy atom. The number of amides is 1. The molecule has 36 heavy (non-hydrogen) atoms. The number of ether oxygens (including phenoxy) is 1. The molecule has 2 fully saturated rings. The lowest BCUT2D eigenvalue weighted by Gasteiger charge is -2.36. The molecule has 3 aromatic rings. The maximum Gasteiger partial charge on any atom is 0.226 e. The summed E-state index contributed by atoms with van der Waals surface area (Å²) in [4.78, 5) is 27.2. The first-order valence-electron chi connectivity index (χ1n) is 12.9. The molecule has 2 saturated heterocycles. The van der Waals surface area contributed by atoms with Gasteiger partial charge in [0.15, 0.2) is 5.55 Å². The van der Waals surface area contributed by atoms with E-state index in [1.54, 1.807) is 0 Å². The average Bonchev–Trinajstić information content (AvgIpc) is 3.44. The SMILES string of the molecule is Cc1nc(N2CCC(N3CCCC3)CC2)nc2ccc(NC(=O)CCc3ccc(OC=S)cc3)cc12. The van der Waals surface area contributed by atoms with Crippen LogP contribution in [-0.4, -0.2) is 58.5 Å². The molecule has 188 valence electrons. The van der Waals surface area contributed by atoms with E-state index in [0.29, 0.717) is 24.6 Å². The summed E-state index contributed by atoms with van der Waals surface area (Å²) >= 11 is 4.70. The molecule has 1 aromatic heterocycles. The number of piperidine rings is 1. The molecule has 5 rings (SSSR count). The number of hydrogen-bond acceptors (Lipinski definition) is 7. The van der Waals surface area contributed by atoms with Gasteiger partial charge in [0.2, 0.25) is 11.9 Å². The molecule has 0 saturated carbocycles. The predicted molar refractivity (Wildman–Crippen MR) is 148 cm³/mol. The molecule has 0 radical (unpaired) electrons. The van der Waals surface area contributed by atoms with Crippen LogP contribution in [0.1, 0.15) is 43.4 Å². The quantitative estimate of drug-likeness (QED) is 0.438. The van der Waals surface area contributed by atoms with Gasteiger partial charge in [-0.25, -0.2) is 9.97 Å². The third-order valence-electron chi connectivity index (χ3n) is 7.31. The van der Waals surface area contributed by atoms with Crippen LogP contribution in [0.5, 0.6) is 5.75 Å². The number of thiocarbonyl (C=S) groups is 1. The maximum atomic E-state index is 12.6. The van der Waals surface area contributed by atoms with Crippen molar-refractivity contribution >= 4 is 46.2 Å². The van der Waals surface area contributed by atoms with E-state index in [2.05, 4.69) is 15.1 Å². The highest BCUT2D eigenvalue weighted by molar-refractivity contribution is 7.78. The van der Waals surface area contributed by atoms with Gasteiger partial charge in [-0.05, 0) is 100 Å². The van der Waals surface area contributed by atoms with E-state index >= 15 is 0 Å². The Hall–Kier alpha value is -3.10. The normalized spacial score (nSPS) is 16.9. The van der Waals surface area contributed by atoms with Crippen LogP contribution in [0.25, 0.3) is 10.9 Å². The molecule has 1 N–H and O–H groups in total. The molecule has 1 amide bonds. The number of carbonyl (C=O) groups is 1. The highest BCUT2D eigenvalue weighted by Crippen LogP contribution is 2.27. The number of nitrogens with zero attached hydrogens (tertiary/aromatic N) is 4. The Morgan fingerprint density at radius 2 is 1.83 bits per heavy atom. The standard InChI is InChI=1S/C28H33N5O2S/c1-20-25-18-22(30-27(34)11-6-21-4-8-24(9-5-21)35-19-36)7-10-26(25)31-28(29-20)33-16-12-23(13-17-33)32-14-2-3-15-32/h4-5,7-10,18-19,23H,2-3,6,11-17H2,1H3,(H,30,34). The number of hydrogen-bond donors (Lipinski definition) is 1. The van der Waals surface area contributed by atoms with Crippen LogP contribution in [-0.2, 0) is 11.2 Å². The number of aromatic nitrogens is 2. The van der Waals surface area contributed by atoms with Gasteiger partial charge in [-0.15, -0.1) is 0 Å². The highest BCUT2D eigenvalue weighted by atomic mass is 32.1. The van der Waals surface area contributed by atoms with Crippen molar-refractivity contribution in [1.82, 2.24) is 14.9 Å². The lowest BCUT2D eigenvalue weighted by atomic mass is 10.0. The fraction of sp³-hybridized carbons (Fsp3) is 0.429. The van der Waals surface area contributed by atoms with Crippen LogP contribution in [0.4, 0.5) is 11.6 Å². The first-order valence-corrected chi connectivity index (χ1v) is 13.3. The summed E-state index contributed by atoms with van der Waals surface area (Å²) in [7, 11) is 0. The predicted octanol–water partition coefficient (Wildman–Crippen LogP) is 4.91. The molecule has 0 unspecified atom stereocenters. The van der Waals surface area contributed by atoms with Crippen LogP contribution < -0.4 is 15.0 Å². The molecule has 0 spiro atoms. The zero-order valence-electron chi connectivity index (χ0n) is 20.8. The van der Waals surface area contributed by atoms with Crippen LogP contribution in [0.2, 0.25) is 0 Å². The molecule has 7 nitrogen and oxygen atoms in total. The van der Waals surface area contributed by atoms with E-state index in [1.165, 1.54) is 44.3 Å². The van der Waals surface area contributed by atoms with Gasteiger partial charge >= 0.3 is 0 Å². The second-order valence-electron chi connectivity index (χ2n) is 9.71. The minimum absolute atomic E-state index is 0.0235. The molecule has 8 heteroatoms. The van der Waals surface area contributed by atoms with E-state index in [4.69, 9.17) is 26.9 Å². The number of aryl methyl sites for hydroxylation is 2. The van der Waals surface area contributed by atoms with Crippen molar-refractivity contribution < 1.29 is 9.53 Å². The Morgan fingerprint density at radius 3 is 2.56 bits per heavy atom. The molecule has 0 bridgehead atoms. The summed E-state index contributed by atoms with van der Waals surface area (Å²) in [6.07, 6.45) is 6.08. The van der Waals surface area contributed by atoms with Gasteiger partial charge < -0.3 is 19.9 Å². The maximum absolute atomic E-state index is 12.6. The number of anilines is 2. The first-order chi connectivity index (χ1) is 17.6. The third-order valence-corrected chi connectivity index (χ3v) is 7.41. The number of rotatable bonds is 8. The van der Waals surface area contributed by atoms with Gasteiger partial charge in [0, 0.05) is 36.6 Å². The number of carbonyl (C=O) groups excluding carboxylic acids is 1. The van der Waals surface area contributed by atoms with E-state index in [0.717, 1.165) is 46.9 Å². The zero-order valence-corrected chi connectivity index (χ0v) is 21.6. The van der Waals surface area contributed by atoms with E-state index in [9.17, 15) is 4.79 Å². The molecule has 2 aliphatic rings. The number of benzene rings is 2. The molecular weight excluding hydrogens is 470 g/mol. The topological polar surface area (TPSA) is 70.6 Å². The lowest BCUT2D eigenvalue weighted by Crippen LogP contribution is -2.44. The summed E-state index contributed by atoms with van der Waals surface area (Å²) in [5.74, 6) is 1.49. The van der Waals surface area contributed by atoms with Gasteiger partial charge in [-0.1, -0.05) is 12.1 Å². The number of likely N-dealkylation sites (tertiary alicyclic amines) is 1. The zero-order chi connectivity index (χ0) is 24.9. The lowest BCUT2D eigenvalue weighted by molar-refractivity contribution is -0.116. The summed E-state index contributed by atoms with van der Waals surface area (Å²) < 4.78 is 5.17. The second kappa shape index (κ2) is 11.3. The monoisotopic (exact) mass is 503 g/mol. The van der Waals surface area contributed by atoms with Crippen LogP contribution in [0.3, 0.4) is 0 Å². The van der Waals surface area contributed by atoms with Crippen molar-refractivity contribution in [3.63, 3.8) is 0 Å². The van der Waals surface area contributed by atoms with Crippen LogP contribution >= 0.6 is 12.2 Å². The summed E-state index contributed by atoms with van der Waals surface area (Å²) in [5.41, 5.74) is 4.92. The van der Waals surface area contributed by atoms with Gasteiger partial charge in [0.05, 0.1) is 11.2 Å². The van der Waals surface area contributed by atoms with Gasteiger partial charge in [0.1, 0.15) is 5.75 Å². The minimum atomic E-state index is -0.0235. The Balaban J connectivity index is 1.19. The van der Waals surface area contributed by atoms with Crippen LogP contribution in [0, 0.1) is 6.92 Å². The Labute approximate surface area is 217 Å². The van der Waals surface area contributed by atoms with Crippen molar-refractivity contribution in [3.05, 3.63) is 53.7 Å². The first kappa shape index (κ1) is 24.6. The third kappa shape index (κ3) is 5.82. The fourth-order valence-electron chi connectivity index (χ4n) is 5.29. The van der Waals surface area contributed by atoms with Crippen molar-refractivity contribution in [2.75, 3.05) is 36.4 Å². The Kier molecular flexibility index (Phi) is 7.72. The van der Waals surface area contributed by atoms with Crippen LogP contribution in [0.15, 0.2) is 42.5 Å². The molecule has 2 aliphatic heterocycles. The van der Waals surface area contributed by atoms with Crippen molar-refractivity contribution in [2.45, 2.75) is 51.5 Å². The summed E-state index contributed by atoms with van der Waals surface area (Å²) in [5, 5.41) is 3.99. The van der Waals surface area contributed by atoms with Gasteiger partial charge in [-0.2, -0.15) is 0 Å². The van der Waals surface area contributed by atoms with E-state index in [1.807, 2.05) is 49.4 Å². The average molecular weight is 504 g/mol. The summed E-state index contributed by atoms with van der Waals surface area (Å²) in [6, 6.07) is 14.2. The molecule has 0 atom stereocenters. The minimum Gasteiger partial charge on any atom is -0.454 e. The molecule has 3 heterocycles.